The van der Waals surface area contributed by atoms with E-state index in [0.29, 0.717) is 16.2 Å². The molecule has 0 radical (unpaired) electrons. The molecule has 4 aromatic rings. The zero-order valence-electron chi connectivity index (χ0n) is 16.4. The number of carbonyl (C=O) groups excluding carboxylic acids is 1. The second-order valence-corrected chi connectivity index (χ2v) is 8.31. The van der Waals surface area contributed by atoms with E-state index in [4.69, 9.17) is 9.72 Å². The Labute approximate surface area is 171 Å². The van der Waals surface area contributed by atoms with Crippen LogP contribution in [-0.2, 0) is 13.0 Å². The number of fused-ring (bicyclic) bond motifs is 4. The summed E-state index contributed by atoms with van der Waals surface area (Å²) in [5.41, 5.74) is 3.67. The summed E-state index contributed by atoms with van der Waals surface area (Å²) in [5, 5.41) is 3.50. The Morgan fingerprint density at radius 2 is 2.07 bits per heavy atom. The maximum Gasteiger partial charge on any atom is 0.259 e. The van der Waals surface area contributed by atoms with E-state index in [1.165, 1.54) is 17.8 Å². The Kier molecular flexibility index (Phi) is 4.43. The second kappa shape index (κ2) is 7.11. The quantitative estimate of drug-likeness (QED) is 0.546. The van der Waals surface area contributed by atoms with Gasteiger partial charge >= 0.3 is 0 Å². The van der Waals surface area contributed by atoms with Crippen LogP contribution in [0, 0.1) is 6.92 Å². The third-order valence-corrected chi connectivity index (χ3v) is 6.19. The van der Waals surface area contributed by atoms with Gasteiger partial charge in [-0.25, -0.2) is 15.0 Å². The Morgan fingerprint density at radius 1 is 1.17 bits per heavy atom. The minimum atomic E-state index is -0.209. The number of nitrogens with one attached hydrogen (secondary N) is 1. The molecule has 0 saturated heterocycles. The molecule has 1 aliphatic rings. The lowest BCUT2D eigenvalue weighted by atomic mass is 10.2. The van der Waals surface area contributed by atoms with Gasteiger partial charge in [0.25, 0.3) is 5.91 Å². The summed E-state index contributed by atoms with van der Waals surface area (Å²) in [5.74, 6) is 1.58. The van der Waals surface area contributed by atoms with Crippen molar-refractivity contribution in [3.8, 4) is 5.75 Å². The molecule has 7 nitrogen and oxygen atoms in total. The smallest absolute Gasteiger partial charge is 0.259 e. The fourth-order valence-electron chi connectivity index (χ4n) is 3.84. The number of nitrogens with zero attached hydrogens (tertiary/aromatic N) is 4. The maximum atomic E-state index is 13.1. The topological polar surface area (TPSA) is 81.9 Å². The predicted octanol–water partition coefficient (Wildman–Crippen LogP) is 4.34. The van der Waals surface area contributed by atoms with E-state index in [-0.39, 0.29) is 5.91 Å². The lowest BCUT2D eigenvalue weighted by molar-refractivity contribution is 0.102. The molecule has 8 heteroatoms. The van der Waals surface area contributed by atoms with Crippen LogP contribution in [0.5, 0.6) is 5.75 Å². The third-order valence-electron chi connectivity index (χ3n) is 5.25. The van der Waals surface area contributed by atoms with Crippen LogP contribution in [0.25, 0.3) is 21.4 Å². The Bertz CT molecular complexity index is 1240. The summed E-state index contributed by atoms with van der Waals surface area (Å²) < 4.78 is 8.41. The number of aromatic nitrogens is 4. The standard InChI is InChI=1S/C21H21N5O2S/c1-12-10-14(18-19(22-12)26-9-5-3-4-6-17(26)24-18)20(27)25-21-23-15-8-7-13(28-2)11-16(15)29-21/h7-8,10-11H,3-6,9H2,1-2H3,(H,23,25,27). The van der Waals surface area contributed by atoms with Crippen LogP contribution in [0.4, 0.5) is 5.13 Å². The lowest BCUT2D eigenvalue weighted by Crippen LogP contribution is -2.13. The molecule has 0 spiro atoms. The highest BCUT2D eigenvalue weighted by Gasteiger charge is 2.21. The molecule has 5 rings (SSSR count). The molecular formula is C21H21N5O2S. The minimum Gasteiger partial charge on any atom is -0.497 e. The van der Waals surface area contributed by atoms with Gasteiger partial charge in [0.05, 0.1) is 22.9 Å². The molecule has 1 aliphatic heterocycles. The van der Waals surface area contributed by atoms with Crippen molar-refractivity contribution < 1.29 is 9.53 Å². The van der Waals surface area contributed by atoms with Crippen molar-refractivity contribution in [1.82, 2.24) is 19.5 Å². The number of amides is 1. The first-order valence-electron chi connectivity index (χ1n) is 9.75. The molecule has 0 unspecified atom stereocenters. The molecule has 1 N–H and O–H groups in total. The van der Waals surface area contributed by atoms with Gasteiger partial charge in [0.1, 0.15) is 17.1 Å². The number of rotatable bonds is 3. The van der Waals surface area contributed by atoms with Crippen molar-refractivity contribution in [2.45, 2.75) is 39.2 Å². The summed E-state index contributed by atoms with van der Waals surface area (Å²) in [4.78, 5) is 27.1. The van der Waals surface area contributed by atoms with Gasteiger partial charge < -0.3 is 9.30 Å². The van der Waals surface area contributed by atoms with Crippen LogP contribution in [-0.4, -0.2) is 32.5 Å². The van der Waals surface area contributed by atoms with E-state index in [9.17, 15) is 4.79 Å². The van der Waals surface area contributed by atoms with Crippen molar-refractivity contribution in [1.29, 1.82) is 0 Å². The molecule has 0 aliphatic carbocycles. The van der Waals surface area contributed by atoms with Crippen LogP contribution in [0.2, 0.25) is 0 Å². The molecule has 0 bridgehead atoms. The SMILES string of the molecule is COc1ccc2nc(NC(=O)c3cc(C)nc4c3nc3n4CCCCC3)sc2c1. The number of anilines is 1. The lowest BCUT2D eigenvalue weighted by Gasteiger charge is -2.06. The highest BCUT2D eigenvalue weighted by molar-refractivity contribution is 7.22. The summed E-state index contributed by atoms with van der Waals surface area (Å²) in [7, 11) is 1.63. The molecular weight excluding hydrogens is 386 g/mol. The number of carbonyl (C=O) groups is 1. The fraction of sp³-hybridized carbons (Fsp3) is 0.333. The number of aryl methyl sites for hydroxylation is 3. The van der Waals surface area contributed by atoms with Crippen molar-refractivity contribution in [2.75, 3.05) is 12.4 Å². The molecule has 0 saturated carbocycles. The second-order valence-electron chi connectivity index (χ2n) is 7.28. The van der Waals surface area contributed by atoms with Gasteiger partial charge in [0.15, 0.2) is 10.8 Å². The highest BCUT2D eigenvalue weighted by Crippen LogP contribution is 2.30. The zero-order valence-corrected chi connectivity index (χ0v) is 17.2. The highest BCUT2D eigenvalue weighted by atomic mass is 32.1. The Hall–Kier alpha value is -3.00. The molecule has 0 atom stereocenters. The van der Waals surface area contributed by atoms with E-state index in [1.807, 2.05) is 25.1 Å². The number of thiazole rings is 1. The first-order valence-corrected chi connectivity index (χ1v) is 10.6. The summed E-state index contributed by atoms with van der Waals surface area (Å²) in [6.07, 6.45) is 4.37. The largest absolute Gasteiger partial charge is 0.497 e. The van der Waals surface area contributed by atoms with Crippen molar-refractivity contribution in [3.05, 3.63) is 41.3 Å². The molecule has 148 valence electrons. The van der Waals surface area contributed by atoms with Crippen LogP contribution in [0.3, 0.4) is 0 Å². The van der Waals surface area contributed by atoms with Crippen molar-refractivity contribution in [2.24, 2.45) is 0 Å². The third kappa shape index (κ3) is 3.23. The maximum absolute atomic E-state index is 13.1. The number of ether oxygens (including phenoxy) is 1. The zero-order chi connectivity index (χ0) is 20.0. The molecule has 1 amide bonds. The van der Waals surface area contributed by atoms with Gasteiger partial charge in [-0.05, 0) is 44.0 Å². The van der Waals surface area contributed by atoms with E-state index in [2.05, 4.69) is 19.9 Å². The minimum absolute atomic E-state index is 0.209. The van der Waals surface area contributed by atoms with E-state index in [1.54, 1.807) is 13.2 Å². The summed E-state index contributed by atoms with van der Waals surface area (Å²) >= 11 is 1.43. The van der Waals surface area contributed by atoms with Crippen LogP contribution in [0.15, 0.2) is 24.3 Å². The van der Waals surface area contributed by atoms with E-state index < -0.39 is 0 Å². The molecule has 0 fully saturated rings. The number of hydrogen-bond acceptors (Lipinski definition) is 6. The molecule has 4 heterocycles. The Morgan fingerprint density at radius 3 is 2.93 bits per heavy atom. The van der Waals surface area contributed by atoms with E-state index >= 15 is 0 Å². The summed E-state index contributed by atoms with van der Waals surface area (Å²) in [6, 6.07) is 7.48. The van der Waals surface area contributed by atoms with Gasteiger partial charge in [0.2, 0.25) is 0 Å². The monoisotopic (exact) mass is 407 g/mol. The average Bonchev–Trinajstić information content (AvgIpc) is 3.18. The number of imidazole rings is 1. The molecule has 1 aromatic carbocycles. The average molecular weight is 407 g/mol. The van der Waals surface area contributed by atoms with Gasteiger partial charge in [-0.2, -0.15) is 0 Å². The van der Waals surface area contributed by atoms with Gasteiger partial charge in [-0.1, -0.05) is 17.8 Å². The first kappa shape index (κ1) is 18.1. The van der Waals surface area contributed by atoms with Crippen LogP contribution >= 0.6 is 11.3 Å². The van der Waals surface area contributed by atoms with Crippen LogP contribution in [0.1, 0.15) is 41.1 Å². The number of hydrogen-bond donors (Lipinski definition) is 1. The first-order chi connectivity index (χ1) is 14.1. The summed E-state index contributed by atoms with van der Waals surface area (Å²) in [6.45, 7) is 2.82. The normalized spacial score (nSPS) is 14.0. The number of benzene rings is 1. The van der Waals surface area contributed by atoms with Gasteiger partial charge in [-0.3, -0.25) is 10.1 Å². The van der Waals surface area contributed by atoms with Gasteiger partial charge in [0, 0.05) is 18.7 Å². The molecule has 29 heavy (non-hydrogen) atoms. The van der Waals surface area contributed by atoms with Crippen molar-refractivity contribution in [3.63, 3.8) is 0 Å². The molecule has 3 aromatic heterocycles. The van der Waals surface area contributed by atoms with Crippen LogP contribution < -0.4 is 10.1 Å². The Balaban J connectivity index is 1.52. The van der Waals surface area contributed by atoms with Crippen molar-refractivity contribution >= 4 is 43.8 Å². The van der Waals surface area contributed by atoms with E-state index in [0.717, 1.165) is 58.9 Å². The number of pyridine rings is 1. The predicted molar refractivity (Wildman–Crippen MR) is 114 cm³/mol. The van der Waals surface area contributed by atoms with Gasteiger partial charge in [-0.15, -0.1) is 0 Å². The fourth-order valence-corrected chi connectivity index (χ4v) is 4.73. The number of methoxy groups -OCH3 is 1.